The van der Waals surface area contributed by atoms with Gasteiger partial charge < -0.3 is 20.1 Å². The molecule has 4 rings (SSSR count). The number of nitrogens with one attached hydrogen (secondary N) is 2. The summed E-state index contributed by atoms with van der Waals surface area (Å²) >= 11 is 0. The quantitative estimate of drug-likeness (QED) is 0.205. The molecule has 0 aliphatic rings. The van der Waals surface area contributed by atoms with Crippen LogP contribution < -0.4 is 5.32 Å². The van der Waals surface area contributed by atoms with Gasteiger partial charge in [0.25, 0.3) is 5.91 Å². The maximum absolute atomic E-state index is 12.9. The van der Waals surface area contributed by atoms with Crippen molar-refractivity contribution in [3.8, 4) is 6.07 Å². The lowest BCUT2D eigenvalue weighted by atomic mass is 10.1. The number of fused-ring (bicyclic) bond motifs is 1. The number of nitriles is 1. The Morgan fingerprint density at radius 3 is 2.34 bits per heavy atom. The normalized spacial score (nSPS) is 12.3. The first kappa shape index (κ1) is 23.3. The largest absolute Gasteiger partial charge is 0.507 e. The molecule has 35 heavy (non-hydrogen) atoms. The molecule has 8 nitrogen and oxygen atoms in total. The Labute approximate surface area is 201 Å². The minimum Gasteiger partial charge on any atom is -0.507 e. The van der Waals surface area contributed by atoms with Crippen molar-refractivity contribution >= 4 is 28.5 Å². The van der Waals surface area contributed by atoms with Crippen LogP contribution in [0.1, 0.15) is 21.7 Å². The number of rotatable bonds is 8. The summed E-state index contributed by atoms with van der Waals surface area (Å²) in [5.74, 6) is -1.46. The summed E-state index contributed by atoms with van der Waals surface area (Å²) in [4.78, 5) is 32.9. The van der Waals surface area contributed by atoms with Gasteiger partial charge in [0.15, 0.2) is 11.6 Å². The van der Waals surface area contributed by atoms with Gasteiger partial charge in [-0.25, -0.2) is 9.78 Å². The Bertz CT molecular complexity index is 1370. The van der Waals surface area contributed by atoms with Gasteiger partial charge in [0.05, 0.1) is 11.0 Å². The van der Waals surface area contributed by atoms with Crippen LogP contribution in [0.4, 0.5) is 0 Å². The number of imidazole rings is 1. The van der Waals surface area contributed by atoms with E-state index in [2.05, 4.69) is 15.3 Å². The number of hydrogen-bond acceptors (Lipinski definition) is 6. The molecule has 1 atom stereocenters. The van der Waals surface area contributed by atoms with Crippen molar-refractivity contribution in [1.29, 1.82) is 5.26 Å². The van der Waals surface area contributed by atoms with E-state index in [0.717, 1.165) is 5.56 Å². The van der Waals surface area contributed by atoms with Crippen LogP contribution in [-0.2, 0) is 16.0 Å². The zero-order valence-corrected chi connectivity index (χ0v) is 18.6. The molecule has 8 heteroatoms. The van der Waals surface area contributed by atoms with Crippen molar-refractivity contribution in [3.05, 3.63) is 108 Å². The van der Waals surface area contributed by atoms with Gasteiger partial charge in [0.1, 0.15) is 24.3 Å². The van der Waals surface area contributed by atoms with E-state index in [1.807, 2.05) is 42.5 Å². The second kappa shape index (κ2) is 10.8. The number of esters is 1. The number of aromatic nitrogens is 2. The Balaban J connectivity index is 1.51. The summed E-state index contributed by atoms with van der Waals surface area (Å²) in [5, 5.41) is 22.8. The average molecular weight is 466 g/mol. The van der Waals surface area contributed by atoms with Crippen LogP contribution in [0, 0.1) is 11.3 Å². The Morgan fingerprint density at radius 2 is 1.66 bits per heavy atom. The fourth-order valence-corrected chi connectivity index (χ4v) is 3.51. The minimum atomic E-state index is -1.00. The molecule has 3 N–H and O–H groups in total. The molecule has 0 radical (unpaired) electrons. The van der Waals surface area contributed by atoms with Crippen LogP contribution in [-0.4, -0.2) is 39.6 Å². The number of ether oxygens (including phenoxy) is 1. The van der Waals surface area contributed by atoms with Crippen molar-refractivity contribution in [2.75, 3.05) is 6.61 Å². The first-order chi connectivity index (χ1) is 17.0. The van der Waals surface area contributed by atoms with E-state index in [1.54, 1.807) is 48.5 Å². The number of para-hydroxylation sites is 2. The highest BCUT2D eigenvalue weighted by molar-refractivity contribution is 5.96. The number of allylic oxidation sites excluding steroid dienone is 1. The van der Waals surface area contributed by atoms with E-state index in [-0.39, 0.29) is 17.8 Å². The Morgan fingerprint density at radius 1 is 1.00 bits per heavy atom. The van der Waals surface area contributed by atoms with Gasteiger partial charge >= 0.3 is 5.97 Å². The molecule has 1 aromatic heterocycles. The lowest BCUT2D eigenvalue weighted by molar-refractivity contribution is -0.145. The number of carbonyl (C=O) groups excluding carboxylic acids is 2. The molecule has 0 fully saturated rings. The molecule has 0 bridgehead atoms. The van der Waals surface area contributed by atoms with Crippen molar-refractivity contribution < 1.29 is 19.4 Å². The molecule has 0 aliphatic carbocycles. The molecular formula is C27H22N4O4. The molecule has 4 aromatic rings. The number of aliphatic hydroxyl groups excluding tert-OH is 1. The summed E-state index contributed by atoms with van der Waals surface area (Å²) in [5.41, 5.74) is 2.42. The fraction of sp³-hybridized carbons (Fsp3) is 0.111. The summed E-state index contributed by atoms with van der Waals surface area (Å²) in [7, 11) is 0. The van der Waals surface area contributed by atoms with Gasteiger partial charge in [-0.3, -0.25) is 4.79 Å². The van der Waals surface area contributed by atoms with Gasteiger partial charge in [-0.2, -0.15) is 5.26 Å². The summed E-state index contributed by atoms with van der Waals surface area (Å²) in [6, 6.07) is 25.8. The molecule has 0 saturated carbocycles. The number of nitrogens with zero attached hydrogens (tertiary/aromatic N) is 2. The average Bonchev–Trinajstić information content (AvgIpc) is 3.32. The smallest absolute Gasteiger partial charge is 0.329 e. The summed E-state index contributed by atoms with van der Waals surface area (Å²) in [6.45, 7) is -0.550. The van der Waals surface area contributed by atoms with Crippen LogP contribution in [0.2, 0.25) is 0 Å². The molecule has 0 spiro atoms. The van der Waals surface area contributed by atoms with Crippen molar-refractivity contribution in [3.63, 3.8) is 0 Å². The molecule has 0 saturated heterocycles. The van der Waals surface area contributed by atoms with E-state index in [1.165, 1.54) is 0 Å². The van der Waals surface area contributed by atoms with Crippen molar-refractivity contribution in [1.82, 2.24) is 15.3 Å². The van der Waals surface area contributed by atoms with Gasteiger partial charge in [0, 0.05) is 12.0 Å². The first-order valence-corrected chi connectivity index (χ1v) is 10.9. The third-order valence-corrected chi connectivity index (χ3v) is 5.29. The van der Waals surface area contributed by atoms with Gasteiger partial charge in [0.2, 0.25) is 0 Å². The van der Waals surface area contributed by atoms with Gasteiger partial charge in [-0.1, -0.05) is 60.7 Å². The highest BCUT2D eigenvalue weighted by Gasteiger charge is 2.24. The van der Waals surface area contributed by atoms with Crippen LogP contribution in [0.25, 0.3) is 16.6 Å². The fourth-order valence-electron chi connectivity index (χ4n) is 3.51. The maximum Gasteiger partial charge on any atom is 0.329 e. The van der Waals surface area contributed by atoms with Crippen LogP contribution in [0.15, 0.2) is 90.7 Å². The van der Waals surface area contributed by atoms with Crippen LogP contribution in [0.3, 0.4) is 0 Å². The second-order valence-corrected chi connectivity index (χ2v) is 7.73. The van der Waals surface area contributed by atoms with E-state index >= 15 is 0 Å². The number of aliphatic hydroxyl groups is 1. The maximum atomic E-state index is 12.9. The van der Waals surface area contributed by atoms with Crippen molar-refractivity contribution in [2.24, 2.45) is 0 Å². The van der Waals surface area contributed by atoms with Crippen molar-refractivity contribution in [2.45, 2.75) is 12.5 Å². The molecule has 0 aliphatic heterocycles. The number of carbonyl (C=O) groups is 2. The molecule has 1 amide bonds. The monoisotopic (exact) mass is 466 g/mol. The zero-order valence-electron chi connectivity index (χ0n) is 18.6. The standard InChI is InChI=1S/C27H22N4O4/c28-16-20(25-29-21-13-7-8-14-22(21)30-25)24(32)17-35-27(34)23(15-18-9-3-1-4-10-18)31-26(33)19-11-5-2-6-12-19/h1-14,23,32H,15,17H2,(H,29,30)(H,31,33). The summed E-state index contributed by atoms with van der Waals surface area (Å²) < 4.78 is 5.30. The molecular weight excluding hydrogens is 444 g/mol. The highest BCUT2D eigenvalue weighted by atomic mass is 16.5. The Hall–Kier alpha value is -4.90. The second-order valence-electron chi connectivity index (χ2n) is 7.73. The molecule has 3 aromatic carbocycles. The van der Waals surface area contributed by atoms with Gasteiger partial charge in [-0.05, 0) is 29.8 Å². The van der Waals surface area contributed by atoms with Gasteiger partial charge in [-0.15, -0.1) is 0 Å². The van der Waals surface area contributed by atoms with E-state index < -0.39 is 30.3 Å². The Kier molecular flexibility index (Phi) is 7.19. The third-order valence-electron chi connectivity index (χ3n) is 5.29. The van der Waals surface area contributed by atoms with Crippen LogP contribution in [0.5, 0.6) is 0 Å². The lowest BCUT2D eigenvalue weighted by Crippen LogP contribution is -2.43. The van der Waals surface area contributed by atoms with E-state index in [4.69, 9.17) is 4.74 Å². The summed E-state index contributed by atoms with van der Waals surface area (Å²) in [6.07, 6.45) is 0.192. The number of aromatic amines is 1. The topological polar surface area (TPSA) is 128 Å². The predicted molar refractivity (Wildman–Crippen MR) is 130 cm³/mol. The van der Waals surface area contributed by atoms with E-state index in [0.29, 0.717) is 16.6 Å². The predicted octanol–water partition coefficient (Wildman–Crippen LogP) is 3.94. The third kappa shape index (κ3) is 5.72. The lowest BCUT2D eigenvalue weighted by Gasteiger charge is -2.18. The van der Waals surface area contributed by atoms with Crippen LogP contribution >= 0.6 is 0 Å². The zero-order chi connectivity index (χ0) is 24.6. The first-order valence-electron chi connectivity index (χ1n) is 10.9. The molecule has 1 unspecified atom stereocenters. The minimum absolute atomic E-state index is 0.137. The molecule has 1 heterocycles. The number of H-pyrrole nitrogens is 1. The molecule has 174 valence electrons. The number of hydrogen-bond donors (Lipinski definition) is 3. The van der Waals surface area contributed by atoms with E-state index in [9.17, 15) is 20.0 Å². The SMILES string of the molecule is N#CC(=C(O)COC(=O)C(Cc1ccccc1)NC(=O)c1ccccc1)c1nc2ccccc2[nH]1. The number of benzene rings is 3. The highest BCUT2D eigenvalue weighted by Crippen LogP contribution is 2.19. The number of amides is 1.